The van der Waals surface area contributed by atoms with Gasteiger partial charge in [-0.25, -0.2) is 4.79 Å². The van der Waals surface area contributed by atoms with Gasteiger partial charge in [0.1, 0.15) is 6.61 Å². The minimum atomic E-state index is -0.162. The lowest BCUT2D eigenvalue weighted by Crippen LogP contribution is -2.53. The lowest BCUT2D eigenvalue weighted by Gasteiger charge is -2.39. The quantitative estimate of drug-likeness (QED) is 0.885. The molecule has 3 rings (SSSR count). The molecular formula is C15H20N2O2. The molecule has 2 heterocycles. The van der Waals surface area contributed by atoms with Crippen molar-refractivity contribution < 1.29 is 9.53 Å². The molecule has 0 unspecified atom stereocenters. The summed E-state index contributed by atoms with van der Waals surface area (Å²) in [5.74, 6) is 0. The van der Waals surface area contributed by atoms with Gasteiger partial charge in [-0.05, 0) is 44.0 Å². The van der Waals surface area contributed by atoms with Gasteiger partial charge in [0.15, 0.2) is 0 Å². The summed E-state index contributed by atoms with van der Waals surface area (Å²) in [6.45, 7) is 5.21. The van der Waals surface area contributed by atoms with Crippen LogP contribution >= 0.6 is 0 Å². The van der Waals surface area contributed by atoms with E-state index in [1.54, 1.807) is 0 Å². The summed E-state index contributed by atoms with van der Waals surface area (Å²) in [5, 5.41) is 3.35. The minimum Gasteiger partial charge on any atom is -0.447 e. The van der Waals surface area contributed by atoms with Gasteiger partial charge in [-0.15, -0.1) is 0 Å². The molecule has 2 fully saturated rings. The summed E-state index contributed by atoms with van der Waals surface area (Å²) in [6, 6.07) is 8.24. The monoisotopic (exact) mass is 260 g/mol. The number of hydrogen-bond acceptors (Lipinski definition) is 3. The second-order valence-corrected chi connectivity index (χ2v) is 5.54. The molecule has 0 aliphatic carbocycles. The van der Waals surface area contributed by atoms with Crippen LogP contribution < -0.4 is 5.32 Å². The first kappa shape index (κ1) is 12.5. The first-order valence-corrected chi connectivity index (χ1v) is 6.91. The van der Waals surface area contributed by atoms with Crippen molar-refractivity contribution in [1.82, 2.24) is 10.2 Å². The van der Waals surface area contributed by atoms with Crippen molar-refractivity contribution in [2.45, 2.75) is 31.8 Å². The lowest BCUT2D eigenvalue weighted by molar-refractivity contribution is 0.119. The van der Waals surface area contributed by atoms with Crippen LogP contribution in [0.15, 0.2) is 24.3 Å². The Morgan fingerprint density at radius 1 is 1.32 bits per heavy atom. The van der Waals surface area contributed by atoms with E-state index in [-0.39, 0.29) is 11.6 Å². The molecule has 102 valence electrons. The fourth-order valence-corrected chi connectivity index (χ4v) is 3.04. The Labute approximate surface area is 113 Å². The first-order valence-electron chi connectivity index (χ1n) is 6.91. The number of aryl methyl sites for hydroxylation is 1. The van der Waals surface area contributed by atoms with Gasteiger partial charge in [0.25, 0.3) is 0 Å². The number of amides is 1. The van der Waals surface area contributed by atoms with Crippen LogP contribution in [0, 0.1) is 6.92 Å². The van der Waals surface area contributed by atoms with Crippen molar-refractivity contribution in [3.05, 3.63) is 35.4 Å². The molecule has 4 heteroatoms. The van der Waals surface area contributed by atoms with Gasteiger partial charge in [0, 0.05) is 6.54 Å². The van der Waals surface area contributed by atoms with E-state index in [2.05, 4.69) is 24.4 Å². The second kappa shape index (κ2) is 4.85. The number of nitrogens with one attached hydrogen (secondary N) is 1. The van der Waals surface area contributed by atoms with Crippen LogP contribution in [0.2, 0.25) is 0 Å². The van der Waals surface area contributed by atoms with E-state index in [1.807, 2.05) is 17.0 Å². The summed E-state index contributed by atoms with van der Waals surface area (Å²) in [5.41, 5.74) is 2.34. The predicted molar refractivity (Wildman–Crippen MR) is 72.9 cm³/mol. The third-order valence-corrected chi connectivity index (χ3v) is 4.38. The Kier molecular flexibility index (Phi) is 3.19. The number of carbonyl (C=O) groups is 1. The number of cyclic esters (lactones) is 1. The largest absolute Gasteiger partial charge is 0.447 e. The van der Waals surface area contributed by atoms with Gasteiger partial charge >= 0.3 is 6.09 Å². The van der Waals surface area contributed by atoms with E-state index in [0.29, 0.717) is 13.2 Å². The Balaban J connectivity index is 1.85. The fourth-order valence-electron chi connectivity index (χ4n) is 3.04. The van der Waals surface area contributed by atoms with Crippen LogP contribution in [0.3, 0.4) is 0 Å². The topological polar surface area (TPSA) is 41.6 Å². The van der Waals surface area contributed by atoms with Gasteiger partial charge in [0.05, 0.1) is 5.54 Å². The number of carbonyl (C=O) groups excluding carboxylic acids is 1. The molecule has 0 saturated carbocycles. The molecule has 2 saturated heterocycles. The van der Waals surface area contributed by atoms with Gasteiger partial charge in [-0.1, -0.05) is 24.3 Å². The average molecular weight is 260 g/mol. The summed E-state index contributed by atoms with van der Waals surface area (Å²) in [4.78, 5) is 14.0. The Morgan fingerprint density at radius 2 is 2.05 bits per heavy atom. The summed E-state index contributed by atoms with van der Waals surface area (Å²) >= 11 is 0. The standard InChI is InChI=1S/C15H20N2O2/c1-12-4-2-3-5-13(12)10-17-14(18)19-11-15(17)6-8-16-9-7-15/h2-5,16H,6-11H2,1H3. The highest BCUT2D eigenvalue weighted by Gasteiger charge is 2.47. The zero-order valence-electron chi connectivity index (χ0n) is 11.3. The van der Waals surface area contributed by atoms with Crippen molar-refractivity contribution in [2.24, 2.45) is 0 Å². The normalized spacial score (nSPS) is 21.7. The summed E-state index contributed by atoms with van der Waals surface area (Å²) in [7, 11) is 0. The van der Waals surface area contributed by atoms with E-state index in [1.165, 1.54) is 11.1 Å². The number of nitrogens with zero attached hydrogens (tertiary/aromatic N) is 1. The van der Waals surface area contributed by atoms with Crippen LogP contribution in [0.1, 0.15) is 24.0 Å². The van der Waals surface area contributed by atoms with Crippen molar-refractivity contribution in [1.29, 1.82) is 0 Å². The third kappa shape index (κ3) is 2.21. The van der Waals surface area contributed by atoms with Crippen molar-refractivity contribution in [3.63, 3.8) is 0 Å². The highest BCUT2D eigenvalue weighted by molar-refractivity contribution is 5.71. The zero-order valence-corrected chi connectivity index (χ0v) is 11.3. The zero-order chi connectivity index (χ0) is 13.3. The maximum atomic E-state index is 12.0. The molecule has 2 aliphatic rings. The molecular weight excluding hydrogens is 240 g/mol. The Bertz CT molecular complexity index is 481. The van der Waals surface area contributed by atoms with Crippen molar-refractivity contribution in [3.8, 4) is 0 Å². The molecule has 0 atom stereocenters. The van der Waals surface area contributed by atoms with Crippen molar-refractivity contribution >= 4 is 6.09 Å². The average Bonchev–Trinajstić information content (AvgIpc) is 2.71. The third-order valence-electron chi connectivity index (χ3n) is 4.38. The first-order chi connectivity index (χ1) is 9.21. The lowest BCUT2D eigenvalue weighted by atomic mass is 9.87. The molecule has 4 nitrogen and oxygen atoms in total. The summed E-state index contributed by atoms with van der Waals surface area (Å²) in [6.07, 6.45) is 1.79. The van der Waals surface area contributed by atoms with Crippen LogP contribution in [0.4, 0.5) is 4.79 Å². The number of ether oxygens (including phenoxy) is 1. The van der Waals surface area contributed by atoms with Crippen LogP contribution in [0.25, 0.3) is 0 Å². The SMILES string of the molecule is Cc1ccccc1CN1C(=O)OCC12CCNCC2. The minimum absolute atomic E-state index is 0.0926. The number of piperidine rings is 1. The fraction of sp³-hybridized carbons (Fsp3) is 0.533. The number of rotatable bonds is 2. The maximum Gasteiger partial charge on any atom is 0.410 e. The Hall–Kier alpha value is -1.55. The number of hydrogen-bond donors (Lipinski definition) is 1. The molecule has 1 amide bonds. The molecule has 1 aromatic carbocycles. The summed E-state index contributed by atoms with van der Waals surface area (Å²) < 4.78 is 5.33. The molecule has 2 aliphatic heterocycles. The van der Waals surface area contributed by atoms with Crippen LogP contribution in [0.5, 0.6) is 0 Å². The number of benzene rings is 1. The maximum absolute atomic E-state index is 12.0. The van der Waals surface area contributed by atoms with Gasteiger partial charge in [0.2, 0.25) is 0 Å². The van der Waals surface area contributed by atoms with Crippen LogP contribution in [-0.4, -0.2) is 36.2 Å². The highest BCUT2D eigenvalue weighted by atomic mass is 16.6. The Morgan fingerprint density at radius 3 is 2.79 bits per heavy atom. The molecule has 19 heavy (non-hydrogen) atoms. The van der Waals surface area contributed by atoms with E-state index in [4.69, 9.17) is 4.74 Å². The molecule has 0 aromatic heterocycles. The highest BCUT2D eigenvalue weighted by Crippen LogP contribution is 2.34. The molecule has 1 aromatic rings. The molecule has 0 radical (unpaired) electrons. The van der Waals surface area contributed by atoms with Crippen molar-refractivity contribution in [2.75, 3.05) is 19.7 Å². The second-order valence-electron chi connectivity index (χ2n) is 5.54. The smallest absolute Gasteiger partial charge is 0.410 e. The van der Waals surface area contributed by atoms with E-state index in [9.17, 15) is 4.79 Å². The van der Waals surface area contributed by atoms with Gasteiger partial charge < -0.3 is 10.1 Å². The molecule has 1 spiro atoms. The molecule has 0 bridgehead atoms. The van der Waals surface area contributed by atoms with E-state index in [0.717, 1.165) is 25.9 Å². The van der Waals surface area contributed by atoms with E-state index >= 15 is 0 Å². The van der Waals surface area contributed by atoms with Crippen LogP contribution in [-0.2, 0) is 11.3 Å². The predicted octanol–water partition coefficient (Wildman–Crippen LogP) is 2.07. The van der Waals surface area contributed by atoms with Gasteiger partial charge in [-0.3, -0.25) is 4.90 Å². The molecule has 1 N–H and O–H groups in total. The van der Waals surface area contributed by atoms with E-state index < -0.39 is 0 Å². The van der Waals surface area contributed by atoms with Gasteiger partial charge in [-0.2, -0.15) is 0 Å².